The van der Waals surface area contributed by atoms with E-state index in [-0.39, 0.29) is 5.91 Å². The van der Waals surface area contributed by atoms with Gasteiger partial charge >= 0.3 is 0 Å². The molecule has 110 valence electrons. The predicted octanol–water partition coefficient (Wildman–Crippen LogP) is 2.29. The Bertz CT molecular complexity index is 463. The van der Waals surface area contributed by atoms with Crippen LogP contribution < -0.4 is 10.5 Å². The second kappa shape index (κ2) is 8.53. The van der Waals surface area contributed by atoms with Crippen LogP contribution in [0.25, 0.3) is 0 Å². The number of carbonyl (C=O) groups is 1. The fourth-order valence-corrected chi connectivity index (χ4v) is 2.03. The number of carbonyl (C=O) groups excluding carboxylic acids is 1. The number of ether oxygens (including phenoxy) is 1. The lowest BCUT2D eigenvalue weighted by Gasteiger charge is -2.21. The molecule has 0 bridgehead atoms. The molecule has 0 saturated heterocycles. The average Bonchev–Trinajstić information content (AvgIpc) is 2.37. The van der Waals surface area contributed by atoms with Gasteiger partial charge in [-0.2, -0.15) is 0 Å². The van der Waals surface area contributed by atoms with Crippen LogP contribution in [0.5, 0.6) is 5.75 Å². The van der Waals surface area contributed by atoms with E-state index in [1.54, 1.807) is 4.90 Å². The molecule has 0 aliphatic heterocycles. The van der Waals surface area contributed by atoms with Crippen LogP contribution in [0.4, 0.5) is 0 Å². The summed E-state index contributed by atoms with van der Waals surface area (Å²) < 4.78 is 5.58. The molecule has 2 N–H and O–H groups in total. The summed E-state index contributed by atoms with van der Waals surface area (Å²) in [5.41, 5.74) is 6.64. The van der Waals surface area contributed by atoms with Gasteiger partial charge in [-0.1, -0.05) is 31.3 Å². The summed E-state index contributed by atoms with van der Waals surface area (Å²) in [5.74, 6) is 0.807. The lowest BCUT2D eigenvalue weighted by molar-refractivity contribution is -0.131. The van der Waals surface area contributed by atoms with Gasteiger partial charge in [0.25, 0.3) is 0 Å². The largest absolute Gasteiger partial charge is 0.493 e. The number of rotatable bonds is 8. The highest BCUT2D eigenvalue weighted by Gasteiger charge is 2.13. The minimum Gasteiger partial charge on any atom is -0.493 e. The maximum atomic E-state index is 12.1. The highest BCUT2D eigenvalue weighted by Crippen LogP contribution is 2.12. The molecule has 0 atom stereocenters. The van der Waals surface area contributed by atoms with Crippen molar-refractivity contribution in [3.63, 3.8) is 0 Å². The van der Waals surface area contributed by atoms with E-state index in [1.807, 2.05) is 38.1 Å². The van der Waals surface area contributed by atoms with Gasteiger partial charge in [-0.25, -0.2) is 0 Å². The standard InChI is InChI=1S/C15H22N2O2S/c1-3-8-17(11-14(16)20)15(18)7-9-19-13-6-4-5-12(2)10-13/h4-6,10H,3,7-9,11H2,1-2H3,(H2,16,20). The zero-order valence-electron chi connectivity index (χ0n) is 12.1. The molecule has 1 rings (SSSR count). The van der Waals surface area contributed by atoms with E-state index in [1.165, 1.54) is 0 Å². The fourth-order valence-electron chi connectivity index (χ4n) is 1.87. The highest BCUT2D eigenvalue weighted by molar-refractivity contribution is 7.80. The Kier molecular flexibility index (Phi) is 7.01. The fraction of sp³-hybridized carbons (Fsp3) is 0.467. The molecular weight excluding hydrogens is 272 g/mol. The van der Waals surface area contributed by atoms with E-state index in [2.05, 4.69) is 0 Å². The smallest absolute Gasteiger partial charge is 0.226 e. The highest BCUT2D eigenvalue weighted by atomic mass is 32.1. The first kappa shape index (κ1) is 16.4. The van der Waals surface area contributed by atoms with E-state index in [9.17, 15) is 4.79 Å². The summed E-state index contributed by atoms with van der Waals surface area (Å²) in [5, 5.41) is 0. The SMILES string of the molecule is CCCN(CC(N)=S)C(=O)CCOc1cccc(C)c1. The molecule has 0 aliphatic rings. The van der Waals surface area contributed by atoms with Crippen molar-refractivity contribution < 1.29 is 9.53 Å². The van der Waals surface area contributed by atoms with Gasteiger partial charge in [-0.05, 0) is 31.0 Å². The first-order chi connectivity index (χ1) is 9.52. The van der Waals surface area contributed by atoms with Crippen molar-refractivity contribution in [1.29, 1.82) is 0 Å². The maximum absolute atomic E-state index is 12.1. The molecule has 0 aliphatic carbocycles. The van der Waals surface area contributed by atoms with Gasteiger partial charge in [0, 0.05) is 6.54 Å². The van der Waals surface area contributed by atoms with E-state index in [0.717, 1.165) is 17.7 Å². The van der Waals surface area contributed by atoms with E-state index in [0.29, 0.717) is 31.1 Å². The van der Waals surface area contributed by atoms with Crippen LogP contribution in [0.2, 0.25) is 0 Å². The quantitative estimate of drug-likeness (QED) is 0.747. The maximum Gasteiger partial charge on any atom is 0.226 e. The Morgan fingerprint density at radius 3 is 2.80 bits per heavy atom. The monoisotopic (exact) mass is 294 g/mol. The average molecular weight is 294 g/mol. The van der Waals surface area contributed by atoms with Crippen LogP contribution in [0.1, 0.15) is 25.3 Å². The van der Waals surface area contributed by atoms with Crippen molar-refractivity contribution in [1.82, 2.24) is 4.90 Å². The molecule has 1 amide bonds. The minimum absolute atomic E-state index is 0.0207. The first-order valence-corrected chi connectivity index (χ1v) is 7.19. The molecule has 0 heterocycles. The molecule has 0 fully saturated rings. The normalized spacial score (nSPS) is 10.1. The summed E-state index contributed by atoms with van der Waals surface area (Å²) in [4.78, 5) is 14.1. The molecule has 0 aromatic heterocycles. The number of aryl methyl sites for hydroxylation is 1. The summed E-state index contributed by atoms with van der Waals surface area (Å²) in [7, 11) is 0. The minimum atomic E-state index is 0.0207. The molecule has 0 radical (unpaired) electrons. The topological polar surface area (TPSA) is 55.6 Å². The second-order valence-corrected chi connectivity index (χ2v) is 5.22. The van der Waals surface area contributed by atoms with Gasteiger partial charge in [0.1, 0.15) is 5.75 Å². The summed E-state index contributed by atoms with van der Waals surface area (Å²) >= 11 is 4.86. The van der Waals surface area contributed by atoms with E-state index >= 15 is 0 Å². The van der Waals surface area contributed by atoms with Crippen molar-refractivity contribution in [2.45, 2.75) is 26.7 Å². The van der Waals surface area contributed by atoms with Crippen LogP contribution in [0.3, 0.4) is 0 Å². The first-order valence-electron chi connectivity index (χ1n) is 6.78. The Labute approximate surface area is 125 Å². The molecule has 4 nitrogen and oxygen atoms in total. The third kappa shape index (κ3) is 6.02. The molecule has 1 aromatic rings. The molecule has 0 spiro atoms. The molecule has 1 aromatic carbocycles. The Morgan fingerprint density at radius 1 is 1.45 bits per heavy atom. The van der Waals surface area contributed by atoms with Crippen molar-refractivity contribution in [2.75, 3.05) is 19.7 Å². The van der Waals surface area contributed by atoms with Crippen LogP contribution in [0.15, 0.2) is 24.3 Å². The Hall–Kier alpha value is -1.62. The van der Waals surface area contributed by atoms with Gasteiger partial charge in [0.15, 0.2) is 0 Å². The van der Waals surface area contributed by atoms with Crippen molar-refractivity contribution in [3.8, 4) is 5.75 Å². The summed E-state index contributed by atoms with van der Waals surface area (Å²) in [6.45, 7) is 5.39. The second-order valence-electron chi connectivity index (χ2n) is 4.70. The summed E-state index contributed by atoms with van der Waals surface area (Å²) in [6, 6.07) is 7.77. The van der Waals surface area contributed by atoms with E-state index < -0.39 is 0 Å². The lowest BCUT2D eigenvalue weighted by Crippen LogP contribution is -2.38. The van der Waals surface area contributed by atoms with Gasteiger partial charge in [0.05, 0.1) is 24.6 Å². The van der Waals surface area contributed by atoms with Crippen LogP contribution >= 0.6 is 12.2 Å². The molecule has 0 unspecified atom stereocenters. The number of nitrogens with two attached hydrogens (primary N) is 1. The molecular formula is C15H22N2O2S. The number of hydrogen-bond donors (Lipinski definition) is 1. The molecule has 5 heteroatoms. The van der Waals surface area contributed by atoms with Gasteiger partial charge in [-0.15, -0.1) is 0 Å². The number of amides is 1. The van der Waals surface area contributed by atoms with Crippen molar-refractivity contribution >= 4 is 23.1 Å². The Balaban J connectivity index is 2.42. The number of nitrogens with zero attached hydrogens (tertiary/aromatic N) is 1. The number of thiocarbonyl (C=S) groups is 1. The third-order valence-electron chi connectivity index (χ3n) is 2.77. The van der Waals surface area contributed by atoms with Gasteiger partial charge in [0.2, 0.25) is 5.91 Å². The number of benzene rings is 1. The molecule has 20 heavy (non-hydrogen) atoms. The number of hydrogen-bond acceptors (Lipinski definition) is 3. The zero-order valence-corrected chi connectivity index (χ0v) is 12.9. The molecule has 0 saturated carbocycles. The van der Waals surface area contributed by atoms with Crippen molar-refractivity contribution in [2.24, 2.45) is 5.73 Å². The lowest BCUT2D eigenvalue weighted by atomic mass is 10.2. The van der Waals surface area contributed by atoms with Crippen molar-refractivity contribution in [3.05, 3.63) is 29.8 Å². The van der Waals surface area contributed by atoms with Crippen LogP contribution in [-0.2, 0) is 4.79 Å². The zero-order chi connectivity index (χ0) is 15.0. The Morgan fingerprint density at radius 2 is 2.20 bits per heavy atom. The van der Waals surface area contributed by atoms with Gasteiger partial charge < -0.3 is 15.4 Å². The summed E-state index contributed by atoms with van der Waals surface area (Å²) in [6.07, 6.45) is 1.21. The third-order valence-corrected chi connectivity index (χ3v) is 2.90. The van der Waals surface area contributed by atoms with Gasteiger partial charge in [-0.3, -0.25) is 4.79 Å². The van der Waals surface area contributed by atoms with E-state index in [4.69, 9.17) is 22.7 Å². The van der Waals surface area contributed by atoms with Crippen LogP contribution in [-0.4, -0.2) is 35.5 Å². The van der Waals surface area contributed by atoms with Crippen LogP contribution in [0, 0.1) is 6.92 Å². The predicted molar refractivity (Wildman–Crippen MR) is 84.9 cm³/mol.